The van der Waals surface area contributed by atoms with Crippen molar-refractivity contribution >= 4 is 12.0 Å². The van der Waals surface area contributed by atoms with Gasteiger partial charge in [-0.1, -0.05) is 30.3 Å². The summed E-state index contributed by atoms with van der Waals surface area (Å²) in [5, 5.41) is 3.21. The summed E-state index contributed by atoms with van der Waals surface area (Å²) < 4.78 is 38.4. The fourth-order valence-corrected chi connectivity index (χ4v) is 5.14. The average Bonchev–Trinajstić information content (AvgIpc) is 2.83. The summed E-state index contributed by atoms with van der Waals surface area (Å²) in [6, 6.07) is 10.5. The summed E-state index contributed by atoms with van der Waals surface area (Å²) in [4.78, 5) is 27.1. The number of alkyl halides is 3. The predicted octanol–water partition coefficient (Wildman–Crippen LogP) is 4.33. The van der Waals surface area contributed by atoms with Crippen LogP contribution in [0.1, 0.15) is 50.8 Å². The lowest BCUT2D eigenvalue weighted by atomic mass is 10.00. The second-order valence-corrected chi connectivity index (χ2v) is 9.63. The SMILES string of the molecule is CC(c1ccccc1)N1CCC(NC(=O)N2[C@H](C)CN(c3ncc(C(F)(F)F)cn3)C[C@@H]2C)CC1. The van der Waals surface area contributed by atoms with Crippen molar-refractivity contribution in [1.82, 2.24) is 25.1 Å². The van der Waals surface area contributed by atoms with Crippen LogP contribution in [-0.2, 0) is 6.18 Å². The molecule has 2 aliphatic rings. The molecule has 2 saturated heterocycles. The molecule has 2 fully saturated rings. The van der Waals surface area contributed by atoms with Crippen molar-refractivity contribution in [3.8, 4) is 0 Å². The first-order chi connectivity index (χ1) is 16.6. The molecule has 2 aliphatic heterocycles. The van der Waals surface area contributed by atoms with E-state index in [4.69, 9.17) is 0 Å². The van der Waals surface area contributed by atoms with Gasteiger partial charge in [0.15, 0.2) is 0 Å². The molecule has 0 saturated carbocycles. The number of aromatic nitrogens is 2. The Hall–Kier alpha value is -2.88. The van der Waals surface area contributed by atoms with Crippen molar-refractivity contribution in [2.75, 3.05) is 31.1 Å². The fraction of sp³-hybridized carbons (Fsp3) is 0.560. The normalized spacial score (nSPS) is 23.3. The summed E-state index contributed by atoms with van der Waals surface area (Å²) in [6.45, 7) is 8.85. The summed E-state index contributed by atoms with van der Waals surface area (Å²) in [7, 11) is 0. The van der Waals surface area contributed by atoms with Gasteiger partial charge in [-0.3, -0.25) is 4.90 Å². The van der Waals surface area contributed by atoms with E-state index in [-0.39, 0.29) is 30.1 Å². The van der Waals surface area contributed by atoms with Crippen LogP contribution in [0.5, 0.6) is 0 Å². The van der Waals surface area contributed by atoms with Gasteiger partial charge >= 0.3 is 12.2 Å². The van der Waals surface area contributed by atoms with Crippen LogP contribution in [0.15, 0.2) is 42.7 Å². The van der Waals surface area contributed by atoms with Crippen molar-refractivity contribution in [3.05, 3.63) is 53.9 Å². The molecule has 1 aromatic carbocycles. The third kappa shape index (κ3) is 5.86. The quantitative estimate of drug-likeness (QED) is 0.691. The minimum absolute atomic E-state index is 0.0902. The Morgan fingerprint density at radius 1 is 1.03 bits per heavy atom. The number of carbonyl (C=O) groups excluding carboxylic acids is 1. The number of benzene rings is 1. The number of amides is 2. The Labute approximate surface area is 204 Å². The molecule has 3 atom stereocenters. The lowest BCUT2D eigenvalue weighted by Gasteiger charge is -2.45. The lowest BCUT2D eigenvalue weighted by molar-refractivity contribution is -0.138. The Morgan fingerprint density at radius 2 is 1.60 bits per heavy atom. The van der Waals surface area contributed by atoms with E-state index in [0.717, 1.165) is 38.3 Å². The number of nitrogens with one attached hydrogen (secondary N) is 1. The smallest absolute Gasteiger partial charge is 0.337 e. The number of halogens is 3. The van der Waals surface area contributed by atoms with Crippen LogP contribution >= 0.6 is 0 Å². The highest BCUT2D eigenvalue weighted by Gasteiger charge is 2.36. The molecule has 3 heterocycles. The molecule has 1 unspecified atom stereocenters. The Morgan fingerprint density at radius 3 is 2.14 bits per heavy atom. The van der Waals surface area contributed by atoms with Crippen LogP contribution in [0, 0.1) is 0 Å². The molecular weight excluding hydrogens is 457 g/mol. The Kier molecular flexibility index (Phi) is 7.49. The van der Waals surface area contributed by atoms with Gasteiger partial charge in [-0.25, -0.2) is 14.8 Å². The molecule has 10 heteroatoms. The minimum atomic E-state index is -4.47. The number of piperidine rings is 1. The van der Waals surface area contributed by atoms with Gasteiger partial charge in [-0.15, -0.1) is 0 Å². The van der Waals surface area contributed by atoms with Crippen molar-refractivity contribution < 1.29 is 18.0 Å². The molecule has 0 radical (unpaired) electrons. The van der Waals surface area contributed by atoms with E-state index >= 15 is 0 Å². The van der Waals surface area contributed by atoms with Crippen LogP contribution < -0.4 is 10.2 Å². The molecule has 2 amide bonds. The van der Waals surface area contributed by atoms with Gasteiger partial charge in [0.2, 0.25) is 5.95 Å². The molecule has 7 nitrogen and oxygen atoms in total. The molecule has 2 aromatic rings. The summed E-state index contributed by atoms with van der Waals surface area (Å²) in [6.07, 6.45) is -1.06. The molecule has 4 rings (SSSR count). The minimum Gasteiger partial charge on any atom is -0.337 e. The van der Waals surface area contributed by atoms with Gasteiger partial charge in [-0.2, -0.15) is 13.2 Å². The third-order valence-electron chi connectivity index (χ3n) is 7.09. The van der Waals surface area contributed by atoms with Crippen LogP contribution in [-0.4, -0.2) is 70.1 Å². The van der Waals surface area contributed by atoms with E-state index in [1.165, 1.54) is 5.56 Å². The van der Waals surface area contributed by atoms with Crippen LogP contribution in [0.3, 0.4) is 0 Å². The highest BCUT2D eigenvalue weighted by atomic mass is 19.4. The summed E-state index contributed by atoms with van der Waals surface area (Å²) in [5.74, 6) is 0.247. The maximum absolute atomic E-state index is 13.1. The van der Waals surface area contributed by atoms with Crippen molar-refractivity contribution in [2.24, 2.45) is 0 Å². The first-order valence-corrected chi connectivity index (χ1v) is 12.2. The largest absolute Gasteiger partial charge is 0.419 e. The zero-order valence-corrected chi connectivity index (χ0v) is 20.4. The number of carbonyl (C=O) groups is 1. The third-order valence-corrected chi connectivity index (χ3v) is 7.09. The van der Waals surface area contributed by atoms with Gasteiger partial charge in [0.05, 0.1) is 5.56 Å². The fourth-order valence-electron chi connectivity index (χ4n) is 5.14. The molecular formula is C25H33F3N6O. The number of hydrogen-bond acceptors (Lipinski definition) is 5. The monoisotopic (exact) mass is 490 g/mol. The summed E-state index contributed by atoms with van der Waals surface area (Å²) in [5.41, 5.74) is 0.428. The molecule has 1 aromatic heterocycles. The number of hydrogen-bond donors (Lipinski definition) is 1. The predicted molar refractivity (Wildman–Crippen MR) is 128 cm³/mol. The van der Waals surface area contributed by atoms with E-state index < -0.39 is 11.7 Å². The average molecular weight is 491 g/mol. The molecule has 0 aliphatic carbocycles. The second-order valence-electron chi connectivity index (χ2n) is 9.63. The maximum Gasteiger partial charge on any atom is 0.419 e. The van der Waals surface area contributed by atoms with E-state index in [1.54, 1.807) is 0 Å². The zero-order valence-electron chi connectivity index (χ0n) is 20.4. The zero-order chi connectivity index (χ0) is 25.2. The molecule has 190 valence electrons. The van der Waals surface area contributed by atoms with Gasteiger partial charge in [0.1, 0.15) is 0 Å². The van der Waals surface area contributed by atoms with Gasteiger partial charge in [0, 0.05) is 62.7 Å². The van der Waals surface area contributed by atoms with E-state index in [9.17, 15) is 18.0 Å². The van der Waals surface area contributed by atoms with E-state index in [1.807, 2.05) is 29.7 Å². The number of piperazine rings is 1. The van der Waals surface area contributed by atoms with E-state index in [0.29, 0.717) is 19.1 Å². The topological polar surface area (TPSA) is 64.6 Å². The molecule has 0 spiro atoms. The van der Waals surface area contributed by atoms with Gasteiger partial charge < -0.3 is 15.1 Å². The first kappa shape index (κ1) is 25.2. The van der Waals surface area contributed by atoms with Gasteiger partial charge in [0.25, 0.3) is 0 Å². The Balaban J connectivity index is 1.30. The standard InChI is InChI=1S/C25H33F3N6O/c1-17-15-33(23-29-13-21(14-30-23)25(26,27)28)16-18(2)34(17)24(35)31-22-9-11-32(12-10-22)19(3)20-7-5-4-6-8-20/h4-8,13-14,17-19,22H,9-12,15-16H2,1-3H3,(H,31,35)/t17-,18+,19?. The second kappa shape index (κ2) is 10.4. The van der Waals surface area contributed by atoms with Crippen LogP contribution in [0.4, 0.5) is 23.9 Å². The van der Waals surface area contributed by atoms with Crippen molar-refractivity contribution in [3.63, 3.8) is 0 Å². The van der Waals surface area contributed by atoms with Crippen molar-refractivity contribution in [2.45, 2.75) is 64.0 Å². The summed E-state index contributed by atoms with van der Waals surface area (Å²) >= 11 is 0. The molecule has 35 heavy (non-hydrogen) atoms. The van der Waals surface area contributed by atoms with Crippen molar-refractivity contribution in [1.29, 1.82) is 0 Å². The number of urea groups is 1. The number of anilines is 1. The lowest BCUT2D eigenvalue weighted by Crippen LogP contribution is -2.62. The Bertz CT molecular complexity index is 967. The number of nitrogens with zero attached hydrogens (tertiary/aromatic N) is 5. The maximum atomic E-state index is 13.1. The highest BCUT2D eigenvalue weighted by molar-refractivity contribution is 5.75. The molecule has 1 N–H and O–H groups in total. The highest BCUT2D eigenvalue weighted by Crippen LogP contribution is 2.29. The molecule has 0 bridgehead atoms. The van der Waals surface area contributed by atoms with Crippen LogP contribution in [0.25, 0.3) is 0 Å². The number of likely N-dealkylation sites (tertiary alicyclic amines) is 1. The number of rotatable bonds is 4. The van der Waals surface area contributed by atoms with Gasteiger partial charge in [-0.05, 0) is 39.2 Å². The van der Waals surface area contributed by atoms with Crippen LogP contribution in [0.2, 0.25) is 0 Å². The van der Waals surface area contributed by atoms with E-state index in [2.05, 4.69) is 51.4 Å². The first-order valence-electron chi connectivity index (χ1n) is 12.2.